The lowest BCUT2D eigenvalue weighted by Gasteiger charge is -2.43. The first-order valence-electron chi connectivity index (χ1n) is 6.68. The number of nitrogens with zero attached hydrogens (tertiary/aromatic N) is 2. The molecule has 0 aromatic heterocycles. The van der Waals surface area contributed by atoms with E-state index in [0.29, 0.717) is 5.96 Å². The predicted octanol–water partition coefficient (Wildman–Crippen LogP) is 1.75. The van der Waals surface area contributed by atoms with Crippen LogP contribution in [0.5, 0.6) is 5.75 Å². The first kappa shape index (κ1) is 13.5. The van der Waals surface area contributed by atoms with Crippen molar-refractivity contribution >= 4 is 11.6 Å². The van der Waals surface area contributed by atoms with E-state index in [1.165, 1.54) is 0 Å². The van der Waals surface area contributed by atoms with Crippen LogP contribution in [0.3, 0.4) is 0 Å². The van der Waals surface area contributed by atoms with Crippen LogP contribution < -0.4 is 16.2 Å². The van der Waals surface area contributed by atoms with Gasteiger partial charge in [0.1, 0.15) is 11.4 Å². The van der Waals surface area contributed by atoms with Gasteiger partial charge >= 0.3 is 0 Å². The fourth-order valence-corrected chi connectivity index (χ4v) is 2.65. The van der Waals surface area contributed by atoms with E-state index in [9.17, 15) is 0 Å². The number of fused-ring (bicyclic) bond motifs is 1. The lowest BCUT2D eigenvalue weighted by atomic mass is 9.88. The third kappa shape index (κ3) is 1.94. The molecule has 1 aliphatic heterocycles. The molecule has 21 heavy (non-hydrogen) atoms. The first-order valence-corrected chi connectivity index (χ1v) is 6.68. The van der Waals surface area contributed by atoms with Crippen molar-refractivity contribution < 1.29 is 4.74 Å². The van der Waals surface area contributed by atoms with E-state index >= 15 is 0 Å². The first-order chi connectivity index (χ1) is 10.1. The number of methoxy groups -OCH3 is 1. The van der Waals surface area contributed by atoms with Crippen molar-refractivity contribution in [3.05, 3.63) is 59.7 Å². The number of para-hydroxylation sites is 1. The van der Waals surface area contributed by atoms with Crippen molar-refractivity contribution in [2.45, 2.75) is 5.66 Å². The summed E-state index contributed by atoms with van der Waals surface area (Å²) in [5.74, 6) is 1.18. The highest BCUT2D eigenvalue weighted by molar-refractivity contribution is 5.85. The van der Waals surface area contributed by atoms with Gasteiger partial charge in [0.15, 0.2) is 5.96 Å². The van der Waals surface area contributed by atoms with E-state index in [4.69, 9.17) is 16.2 Å². The molecule has 4 N–H and O–H groups in total. The van der Waals surface area contributed by atoms with Gasteiger partial charge in [0.25, 0.3) is 0 Å². The van der Waals surface area contributed by atoms with Crippen LogP contribution in [-0.4, -0.2) is 25.0 Å². The molecule has 108 valence electrons. The third-order valence-corrected chi connectivity index (χ3v) is 3.95. The number of ether oxygens (including phenoxy) is 1. The van der Waals surface area contributed by atoms with Gasteiger partial charge in [0.2, 0.25) is 0 Å². The Hall–Kier alpha value is -2.53. The highest BCUT2D eigenvalue weighted by Gasteiger charge is 2.40. The molecule has 1 heterocycles. The summed E-state index contributed by atoms with van der Waals surface area (Å²) in [6, 6.07) is 15.5. The van der Waals surface area contributed by atoms with Crippen molar-refractivity contribution in [2.75, 3.05) is 14.2 Å². The molecule has 0 radical (unpaired) electrons. The second-order valence-electron chi connectivity index (χ2n) is 5.04. The summed E-state index contributed by atoms with van der Waals surface area (Å²) in [6.07, 6.45) is 0. The van der Waals surface area contributed by atoms with Crippen LogP contribution >= 0.6 is 0 Å². The molecule has 1 aliphatic rings. The molecule has 1 atom stereocenters. The highest BCUT2D eigenvalue weighted by Crippen LogP contribution is 2.39. The maximum absolute atomic E-state index is 6.74. The van der Waals surface area contributed by atoms with Gasteiger partial charge in [0, 0.05) is 12.6 Å². The minimum Gasteiger partial charge on any atom is -0.497 e. The normalized spacial score (nSPS) is 20.7. The maximum Gasteiger partial charge on any atom is 0.198 e. The molecule has 2 aromatic rings. The summed E-state index contributed by atoms with van der Waals surface area (Å²) in [6.45, 7) is 0. The number of nitrogens with two attached hydrogens (primary N) is 2. The molecular weight excluding hydrogens is 264 g/mol. The lowest BCUT2D eigenvalue weighted by molar-refractivity contribution is 0.262. The summed E-state index contributed by atoms with van der Waals surface area (Å²) in [5, 5.41) is 0. The van der Waals surface area contributed by atoms with E-state index in [0.717, 1.165) is 22.6 Å². The van der Waals surface area contributed by atoms with Gasteiger partial charge in [-0.1, -0.05) is 30.3 Å². The molecule has 0 bridgehead atoms. The molecule has 5 heteroatoms. The number of hydrogen-bond acceptors (Lipinski definition) is 5. The van der Waals surface area contributed by atoms with Gasteiger partial charge in [-0.05, 0) is 23.8 Å². The largest absolute Gasteiger partial charge is 0.497 e. The van der Waals surface area contributed by atoms with Crippen molar-refractivity contribution in [1.82, 2.24) is 4.90 Å². The van der Waals surface area contributed by atoms with Crippen LogP contribution in [0.2, 0.25) is 0 Å². The van der Waals surface area contributed by atoms with E-state index < -0.39 is 5.66 Å². The Bertz CT molecular complexity index is 696. The Morgan fingerprint density at radius 1 is 1.10 bits per heavy atom. The van der Waals surface area contributed by atoms with Gasteiger partial charge < -0.3 is 21.1 Å². The van der Waals surface area contributed by atoms with E-state index in [1.807, 2.05) is 55.6 Å². The molecule has 0 amide bonds. The molecule has 0 spiro atoms. The second kappa shape index (κ2) is 4.79. The molecule has 0 aliphatic carbocycles. The quantitative estimate of drug-likeness (QED) is 0.879. The predicted molar refractivity (Wildman–Crippen MR) is 83.4 cm³/mol. The zero-order chi connectivity index (χ0) is 15.0. The molecule has 0 fully saturated rings. The zero-order valence-electron chi connectivity index (χ0n) is 12.1. The minimum atomic E-state index is -0.852. The SMILES string of the molecule is COc1ccc(C2(N)c3ccccc3N=C(N)N2C)cc1. The van der Waals surface area contributed by atoms with Crippen LogP contribution in [0, 0.1) is 0 Å². The van der Waals surface area contributed by atoms with Gasteiger partial charge in [-0.3, -0.25) is 0 Å². The van der Waals surface area contributed by atoms with Crippen LogP contribution in [0.15, 0.2) is 53.5 Å². The Labute approximate surface area is 123 Å². The smallest absolute Gasteiger partial charge is 0.198 e. The number of rotatable bonds is 2. The van der Waals surface area contributed by atoms with E-state index in [1.54, 1.807) is 12.0 Å². The Balaban J connectivity index is 2.19. The van der Waals surface area contributed by atoms with Crippen LogP contribution in [0.1, 0.15) is 11.1 Å². The van der Waals surface area contributed by atoms with E-state index in [2.05, 4.69) is 4.99 Å². The highest BCUT2D eigenvalue weighted by atomic mass is 16.5. The van der Waals surface area contributed by atoms with Crippen LogP contribution in [-0.2, 0) is 5.66 Å². The molecule has 0 saturated carbocycles. The number of hydrogen-bond donors (Lipinski definition) is 2. The number of benzene rings is 2. The maximum atomic E-state index is 6.74. The van der Waals surface area contributed by atoms with Gasteiger partial charge in [0.05, 0.1) is 12.8 Å². The van der Waals surface area contributed by atoms with Crippen molar-refractivity contribution in [3.8, 4) is 5.75 Å². The molecule has 5 nitrogen and oxygen atoms in total. The Kier molecular flexibility index (Phi) is 3.07. The van der Waals surface area contributed by atoms with Crippen molar-refractivity contribution in [1.29, 1.82) is 0 Å². The zero-order valence-corrected chi connectivity index (χ0v) is 12.1. The average Bonchev–Trinajstić information content (AvgIpc) is 2.53. The lowest BCUT2D eigenvalue weighted by Crippen LogP contribution is -2.58. The fourth-order valence-electron chi connectivity index (χ4n) is 2.65. The van der Waals surface area contributed by atoms with Gasteiger partial charge in [-0.2, -0.15) is 0 Å². The summed E-state index contributed by atoms with van der Waals surface area (Å²) >= 11 is 0. The topological polar surface area (TPSA) is 76.9 Å². The third-order valence-electron chi connectivity index (χ3n) is 3.95. The molecule has 2 aromatic carbocycles. The number of aliphatic imine (C=N–C) groups is 1. The number of guanidine groups is 1. The standard InChI is InChI=1S/C16H18N4O/c1-20-15(17)19-14-6-4-3-5-13(14)16(20,18)11-7-9-12(21-2)10-8-11/h3-10H,18H2,1-2H3,(H2,17,19). The van der Waals surface area contributed by atoms with Crippen LogP contribution in [0.25, 0.3) is 0 Å². The molecule has 1 unspecified atom stereocenters. The van der Waals surface area contributed by atoms with E-state index in [-0.39, 0.29) is 0 Å². The molecular formula is C16H18N4O. The minimum absolute atomic E-state index is 0.395. The average molecular weight is 282 g/mol. The monoisotopic (exact) mass is 282 g/mol. The van der Waals surface area contributed by atoms with Crippen molar-refractivity contribution in [2.24, 2.45) is 16.5 Å². The summed E-state index contributed by atoms with van der Waals surface area (Å²) in [4.78, 5) is 6.19. The Morgan fingerprint density at radius 2 is 1.76 bits per heavy atom. The second-order valence-corrected chi connectivity index (χ2v) is 5.04. The Morgan fingerprint density at radius 3 is 2.43 bits per heavy atom. The van der Waals surface area contributed by atoms with Gasteiger partial charge in [-0.25, -0.2) is 4.99 Å². The van der Waals surface area contributed by atoms with Crippen LogP contribution in [0.4, 0.5) is 5.69 Å². The van der Waals surface area contributed by atoms with Crippen molar-refractivity contribution in [3.63, 3.8) is 0 Å². The molecule has 0 saturated heterocycles. The summed E-state index contributed by atoms with van der Waals surface area (Å²) in [5.41, 5.74) is 14.6. The fraction of sp³-hybridized carbons (Fsp3) is 0.188. The summed E-state index contributed by atoms with van der Waals surface area (Å²) < 4.78 is 5.20. The van der Waals surface area contributed by atoms with Gasteiger partial charge in [-0.15, -0.1) is 0 Å². The summed E-state index contributed by atoms with van der Waals surface area (Å²) in [7, 11) is 3.49. The molecule has 3 rings (SSSR count).